The Morgan fingerprint density at radius 2 is 1.89 bits per heavy atom. The zero-order valence-corrected chi connectivity index (χ0v) is 21.7. The molecular formula is C24H22ClF2N5O3S2. The third-order valence-corrected chi connectivity index (χ3v) is 8.28. The second-order valence-electron chi connectivity index (χ2n) is 8.32. The van der Waals surface area contributed by atoms with Gasteiger partial charge in [0, 0.05) is 60.8 Å². The van der Waals surface area contributed by atoms with Crippen molar-refractivity contribution in [3.63, 3.8) is 0 Å². The van der Waals surface area contributed by atoms with Crippen LogP contribution in [0.4, 0.5) is 14.6 Å². The van der Waals surface area contributed by atoms with Crippen molar-refractivity contribution in [3.05, 3.63) is 65.3 Å². The lowest BCUT2D eigenvalue weighted by atomic mass is 10.1. The van der Waals surface area contributed by atoms with Crippen molar-refractivity contribution in [1.82, 2.24) is 15.0 Å². The Morgan fingerprint density at radius 3 is 2.65 bits per heavy atom. The molecule has 0 amide bonds. The molecule has 1 aromatic heterocycles. The summed E-state index contributed by atoms with van der Waals surface area (Å²) in [7, 11) is -4.34. The summed E-state index contributed by atoms with van der Waals surface area (Å²) in [5, 5.41) is 3.72. The lowest BCUT2D eigenvalue weighted by Gasteiger charge is -2.28. The molecule has 1 saturated heterocycles. The predicted molar refractivity (Wildman–Crippen MR) is 141 cm³/mol. The molecule has 5 rings (SSSR count). The zero-order valence-electron chi connectivity index (χ0n) is 19.3. The molecular weight excluding hydrogens is 544 g/mol. The maximum atomic E-state index is 15.0. The van der Waals surface area contributed by atoms with Gasteiger partial charge in [0.1, 0.15) is 28.4 Å². The Balaban J connectivity index is 1.45. The summed E-state index contributed by atoms with van der Waals surface area (Å²) in [5.74, 6) is -1.30. The maximum absolute atomic E-state index is 15.0. The molecule has 13 heteroatoms. The smallest absolute Gasteiger partial charge is 0.245 e. The Bertz CT molecular complexity index is 1450. The van der Waals surface area contributed by atoms with Gasteiger partial charge in [-0.25, -0.2) is 22.2 Å². The third kappa shape index (κ3) is 5.88. The number of anilines is 1. The van der Waals surface area contributed by atoms with Crippen LogP contribution >= 0.6 is 23.4 Å². The van der Waals surface area contributed by atoms with E-state index in [4.69, 9.17) is 16.3 Å². The first kappa shape index (κ1) is 25.9. The maximum Gasteiger partial charge on any atom is 0.245 e. The average molecular weight is 566 g/mol. The Labute approximate surface area is 222 Å². The van der Waals surface area contributed by atoms with E-state index in [2.05, 4.69) is 24.9 Å². The van der Waals surface area contributed by atoms with Crippen LogP contribution in [0.5, 0.6) is 11.5 Å². The van der Waals surface area contributed by atoms with Crippen LogP contribution in [0.15, 0.2) is 58.5 Å². The molecule has 37 heavy (non-hydrogen) atoms. The summed E-state index contributed by atoms with van der Waals surface area (Å²) in [6, 6.07) is 9.73. The van der Waals surface area contributed by atoms with E-state index in [1.807, 2.05) is 6.07 Å². The molecule has 3 heterocycles. The molecule has 0 saturated carbocycles. The number of nitrogens with one attached hydrogen (secondary N) is 2. The van der Waals surface area contributed by atoms with E-state index in [0.717, 1.165) is 37.6 Å². The molecule has 0 spiro atoms. The van der Waals surface area contributed by atoms with Crippen molar-refractivity contribution in [2.24, 2.45) is 4.99 Å². The molecule has 1 atom stereocenters. The number of aromatic nitrogens is 1. The zero-order chi connectivity index (χ0) is 26.0. The highest BCUT2D eigenvalue weighted by Gasteiger charge is 2.27. The number of nitrogens with zero attached hydrogens (tertiary/aromatic N) is 3. The molecule has 8 nitrogen and oxygen atoms in total. The second-order valence-corrected chi connectivity index (χ2v) is 11.3. The Kier molecular flexibility index (Phi) is 7.63. The number of piperazine rings is 1. The highest BCUT2D eigenvalue weighted by Crippen LogP contribution is 2.38. The number of hydrogen-bond donors (Lipinski definition) is 2. The second kappa shape index (κ2) is 10.9. The highest BCUT2D eigenvalue weighted by atomic mass is 35.5. The Morgan fingerprint density at radius 1 is 1.08 bits per heavy atom. The number of rotatable bonds is 7. The van der Waals surface area contributed by atoms with Crippen LogP contribution in [0.1, 0.15) is 0 Å². The van der Waals surface area contributed by atoms with Gasteiger partial charge in [0.15, 0.2) is 11.6 Å². The molecule has 1 unspecified atom stereocenters. The minimum atomic E-state index is -4.34. The van der Waals surface area contributed by atoms with Crippen LogP contribution in [-0.2, 0) is 10.0 Å². The summed E-state index contributed by atoms with van der Waals surface area (Å²) in [6.45, 7) is 3.29. The van der Waals surface area contributed by atoms with E-state index < -0.39 is 38.5 Å². The van der Waals surface area contributed by atoms with Crippen LogP contribution in [0.25, 0.3) is 11.1 Å². The molecule has 194 valence electrons. The molecule has 0 aliphatic carbocycles. The van der Waals surface area contributed by atoms with Gasteiger partial charge >= 0.3 is 0 Å². The van der Waals surface area contributed by atoms with Crippen molar-refractivity contribution < 1.29 is 21.9 Å². The number of pyridine rings is 1. The number of hydrogen-bond acceptors (Lipinski definition) is 8. The van der Waals surface area contributed by atoms with E-state index in [0.29, 0.717) is 28.5 Å². The lowest BCUT2D eigenvalue weighted by molar-refractivity contribution is 0.433. The molecule has 1 fully saturated rings. The molecule has 0 bridgehead atoms. The van der Waals surface area contributed by atoms with E-state index in [9.17, 15) is 12.8 Å². The van der Waals surface area contributed by atoms with Gasteiger partial charge in [-0.05, 0) is 35.9 Å². The summed E-state index contributed by atoms with van der Waals surface area (Å²) < 4.78 is 63.1. The highest BCUT2D eigenvalue weighted by molar-refractivity contribution is 8.12. The SMILES string of the molecule is O=S(=O)(NC1CSC=N1)c1cc(F)c(Oc2ccc(Cl)cc2-c2ccnc(N3CCNCC3)c2)cc1F. The van der Waals surface area contributed by atoms with Crippen molar-refractivity contribution >= 4 is 44.8 Å². The van der Waals surface area contributed by atoms with Gasteiger partial charge in [0.05, 0.1) is 5.55 Å². The summed E-state index contributed by atoms with van der Waals surface area (Å²) in [6.07, 6.45) is 0.924. The Hall–Kier alpha value is -2.77. The van der Waals surface area contributed by atoms with Crippen LogP contribution in [0, 0.1) is 11.6 Å². The van der Waals surface area contributed by atoms with Crippen molar-refractivity contribution in [2.75, 3.05) is 36.8 Å². The van der Waals surface area contributed by atoms with Gasteiger partial charge < -0.3 is 15.0 Å². The molecule has 2 aliphatic rings. The number of sulfonamides is 1. The molecule has 2 aliphatic heterocycles. The van der Waals surface area contributed by atoms with Gasteiger partial charge in [-0.15, -0.1) is 11.8 Å². The quantitative estimate of drug-likeness (QED) is 0.442. The number of halogens is 3. The fourth-order valence-corrected chi connectivity index (χ4v) is 6.14. The van der Waals surface area contributed by atoms with Gasteiger partial charge in [-0.2, -0.15) is 4.72 Å². The summed E-state index contributed by atoms with van der Waals surface area (Å²) in [4.78, 5) is 9.72. The molecule has 0 radical (unpaired) electrons. The standard InChI is InChI=1S/C24H22ClF2N5O3S2/c25-16-1-2-20(17(10-16)15-3-4-29-24(9-15)32-7-5-28-6-8-32)35-21-11-19(27)22(12-18(21)26)37(33,34)31-23-13-36-14-30-23/h1-4,9-12,14,23,28,31H,5-8,13H2. The van der Waals surface area contributed by atoms with Crippen LogP contribution in [0.3, 0.4) is 0 Å². The predicted octanol–water partition coefficient (Wildman–Crippen LogP) is 4.26. The minimum Gasteiger partial charge on any atom is -0.454 e. The lowest BCUT2D eigenvalue weighted by Crippen LogP contribution is -2.43. The van der Waals surface area contributed by atoms with E-state index >= 15 is 4.39 Å². The van der Waals surface area contributed by atoms with Crippen LogP contribution in [-0.4, -0.2) is 57.0 Å². The largest absolute Gasteiger partial charge is 0.454 e. The molecule has 3 aromatic rings. The fourth-order valence-electron chi connectivity index (χ4n) is 3.98. The monoisotopic (exact) mass is 565 g/mol. The van der Waals surface area contributed by atoms with Crippen LogP contribution < -0.4 is 19.7 Å². The topological polar surface area (TPSA) is 95.9 Å². The van der Waals surface area contributed by atoms with E-state index in [1.54, 1.807) is 30.5 Å². The van der Waals surface area contributed by atoms with E-state index in [-0.39, 0.29) is 5.75 Å². The fraction of sp³-hybridized carbons (Fsp3) is 0.250. The van der Waals surface area contributed by atoms with Gasteiger partial charge in [0.25, 0.3) is 0 Å². The molecule has 2 N–H and O–H groups in total. The summed E-state index contributed by atoms with van der Waals surface area (Å²) in [5.41, 5.74) is 2.77. The van der Waals surface area contributed by atoms with Gasteiger partial charge in [0.2, 0.25) is 10.0 Å². The third-order valence-electron chi connectivity index (χ3n) is 5.80. The van der Waals surface area contributed by atoms with Crippen molar-refractivity contribution in [3.8, 4) is 22.6 Å². The number of benzene rings is 2. The van der Waals surface area contributed by atoms with Gasteiger partial charge in [-0.1, -0.05) is 11.6 Å². The van der Waals surface area contributed by atoms with Crippen molar-refractivity contribution in [2.45, 2.75) is 11.1 Å². The number of thioether (sulfide) groups is 1. The van der Waals surface area contributed by atoms with E-state index in [1.165, 1.54) is 17.3 Å². The summed E-state index contributed by atoms with van der Waals surface area (Å²) >= 11 is 7.56. The first-order chi connectivity index (χ1) is 17.8. The molecule has 2 aromatic carbocycles. The van der Waals surface area contributed by atoms with Crippen LogP contribution in [0.2, 0.25) is 5.02 Å². The normalized spacial score (nSPS) is 17.8. The number of aliphatic imine (C=N–C) groups is 1. The average Bonchev–Trinajstić information content (AvgIpc) is 3.40. The minimum absolute atomic E-state index is 0.214. The first-order valence-corrected chi connectivity index (χ1v) is 14.3. The first-order valence-electron chi connectivity index (χ1n) is 11.3. The van der Waals surface area contributed by atoms with Crippen molar-refractivity contribution in [1.29, 1.82) is 0 Å². The number of ether oxygens (including phenoxy) is 1. The van der Waals surface area contributed by atoms with Gasteiger partial charge in [-0.3, -0.25) is 4.99 Å².